The van der Waals surface area contributed by atoms with E-state index in [2.05, 4.69) is 10.1 Å². The van der Waals surface area contributed by atoms with E-state index in [4.69, 9.17) is 10.5 Å². The Balaban J connectivity index is 1.94. The van der Waals surface area contributed by atoms with E-state index < -0.39 is 17.6 Å². The number of anilines is 1. The van der Waals surface area contributed by atoms with Crippen molar-refractivity contribution in [2.24, 2.45) is 0 Å². The SMILES string of the molecule is Cc1cc(-c2nn(-c3ccc(F)c(C(F)(F)F)c3)c3c2CCO[C@H](C)C3)cc(N)n1. The number of rotatable bonds is 2. The van der Waals surface area contributed by atoms with Crippen molar-refractivity contribution >= 4 is 5.82 Å². The number of nitrogens with zero attached hydrogens (tertiary/aromatic N) is 3. The summed E-state index contributed by atoms with van der Waals surface area (Å²) < 4.78 is 60.8. The molecule has 4 rings (SSSR count). The van der Waals surface area contributed by atoms with Gasteiger partial charge in [0.1, 0.15) is 11.6 Å². The number of aryl methyl sites for hydroxylation is 1. The molecule has 1 aliphatic heterocycles. The maximum Gasteiger partial charge on any atom is 0.419 e. The van der Waals surface area contributed by atoms with E-state index in [0.29, 0.717) is 36.7 Å². The van der Waals surface area contributed by atoms with Gasteiger partial charge in [0.25, 0.3) is 0 Å². The number of hydrogen-bond donors (Lipinski definition) is 1. The van der Waals surface area contributed by atoms with Gasteiger partial charge in [-0.25, -0.2) is 14.1 Å². The van der Waals surface area contributed by atoms with Gasteiger partial charge in [-0.05, 0) is 50.6 Å². The molecule has 0 saturated carbocycles. The summed E-state index contributed by atoms with van der Waals surface area (Å²) in [5.74, 6) is -0.994. The Labute approximate surface area is 170 Å². The zero-order valence-corrected chi connectivity index (χ0v) is 16.4. The minimum Gasteiger partial charge on any atom is -0.384 e. The second-order valence-electron chi connectivity index (χ2n) is 7.41. The number of aromatic nitrogens is 3. The number of benzene rings is 1. The molecule has 0 aliphatic carbocycles. The third-order valence-electron chi connectivity index (χ3n) is 5.07. The lowest BCUT2D eigenvalue weighted by Crippen LogP contribution is -2.14. The second kappa shape index (κ2) is 7.39. The van der Waals surface area contributed by atoms with Gasteiger partial charge in [0.2, 0.25) is 0 Å². The first-order valence-corrected chi connectivity index (χ1v) is 9.47. The quantitative estimate of drug-likeness (QED) is 0.621. The number of halogens is 4. The minimum atomic E-state index is -4.81. The molecule has 0 spiro atoms. The molecular formula is C21H20F4N4O. The predicted octanol–water partition coefficient (Wildman–Crippen LogP) is 4.49. The Morgan fingerprint density at radius 1 is 1.20 bits per heavy atom. The van der Waals surface area contributed by atoms with Crippen LogP contribution in [0.1, 0.15) is 29.4 Å². The zero-order valence-electron chi connectivity index (χ0n) is 16.4. The van der Waals surface area contributed by atoms with Crippen molar-refractivity contribution in [1.29, 1.82) is 0 Å². The van der Waals surface area contributed by atoms with Crippen molar-refractivity contribution in [1.82, 2.24) is 14.8 Å². The van der Waals surface area contributed by atoms with Crippen molar-refractivity contribution in [2.75, 3.05) is 12.3 Å². The third-order valence-corrected chi connectivity index (χ3v) is 5.07. The highest BCUT2D eigenvalue weighted by Gasteiger charge is 2.35. The summed E-state index contributed by atoms with van der Waals surface area (Å²) in [6.07, 6.45) is -3.94. The smallest absolute Gasteiger partial charge is 0.384 e. The zero-order chi connectivity index (χ0) is 21.6. The van der Waals surface area contributed by atoms with Crippen molar-refractivity contribution < 1.29 is 22.3 Å². The summed E-state index contributed by atoms with van der Waals surface area (Å²) in [6, 6.07) is 6.40. The lowest BCUT2D eigenvalue weighted by atomic mass is 10.0. The molecular weight excluding hydrogens is 400 g/mol. The monoisotopic (exact) mass is 420 g/mol. The summed E-state index contributed by atoms with van der Waals surface area (Å²) in [4.78, 5) is 4.17. The molecule has 0 unspecified atom stereocenters. The van der Waals surface area contributed by atoms with Gasteiger partial charge in [-0.1, -0.05) is 0 Å². The molecule has 5 nitrogen and oxygen atoms in total. The standard InChI is InChI=1S/C21H20F4N4O/c1-11-7-13(9-19(26)27-11)20-15-5-6-30-12(2)8-18(15)29(28-20)14-3-4-17(22)16(10-14)21(23,24)25/h3-4,7,9-10,12H,5-6,8H2,1-2H3,(H2,26,27)/t12-/m1/s1. The number of ether oxygens (including phenoxy) is 1. The van der Waals surface area contributed by atoms with Gasteiger partial charge in [0, 0.05) is 23.2 Å². The number of hydrogen-bond acceptors (Lipinski definition) is 4. The molecule has 0 radical (unpaired) electrons. The number of fused-ring (bicyclic) bond motifs is 1. The highest BCUT2D eigenvalue weighted by atomic mass is 19.4. The fraction of sp³-hybridized carbons (Fsp3) is 0.333. The van der Waals surface area contributed by atoms with Crippen molar-refractivity contribution in [3.63, 3.8) is 0 Å². The Morgan fingerprint density at radius 3 is 2.67 bits per heavy atom. The van der Waals surface area contributed by atoms with Gasteiger partial charge < -0.3 is 10.5 Å². The summed E-state index contributed by atoms with van der Waals surface area (Å²) in [5, 5.41) is 4.63. The molecule has 2 N–H and O–H groups in total. The van der Waals surface area contributed by atoms with Gasteiger partial charge in [-0.2, -0.15) is 18.3 Å². The number of alkyl halides is 3. The fourth-order valence-electron chi connectivity index (χ4n) is 3.79. The second-order valence-corrected chi connectivity index (χ2v) is 7.41. The number of nitrogen functional groups attached to an aromatic ring is 1. The summed E-state index contributed by atoms with van der Waals surface area (Å²) in [6.45, 7) is 4.16. The van der Waals surface area contributed by atoms with Crippen LogP contribution in [0.15, 0.2) is 30.3 Å². The largest absolute Gasteiger partial charge is 0.419 e. The number of pyridine rings is 1. The van der Waals surface area contributed by atoms with Gasteiger partial charge in [0.05, 0.1) is 35.3 Å². The van der Waals surface area contributed by atoms with Crippen molar-refractivity contribution in [3.05, 3.63) is 58.7 Å². The highest BCUT2D eigenvalue weighted by Crippen LogP contribution is 2.35. The molecule has 2 aromatic heterocycles. The highest BCUT2D eigenvalue weighted by molar-refractivity contribution is 5.68. The molecule has 158 valence electrons. The van der Waals surface area contributed by atoms with E-state index >= 15 is 0 Å². The Kier molecular flexibility index (Phi) is 5.01. The lowest BCUT2D eigenvalue weighted by Gasteiger charge is -2.14. The first-order chi connectivity index (χ1) is 14.1. The topological polar surface area (TPSA) is 66.0 Å². The molecule has 1 atom stereocenters. The molecule has 30 heavy (non-hydrogen) atoms. The number of nitrogens with two attached hydrogens (primary N) is 1. The maximum absolute atomic E-state index is 13.8. The first kappa shape index (κ1) is 20.3. The third kappa shape index (κ3) is 3.77. The molecule has 0 amide bonds. The molecule has 3 heterocycles. The van der Waals surface area contributed by atoms with Crippen LogP contribution in [0, 0.1) is 12.7 Å². The van der Waals surface area contributed by atoms with Crippen LogP contribution in [0.4, 0.5) is 23.4 Å². The van der Waals surface area contributed by atoms with Crippen LogP contribution in [0.3, 0.4) is 0 Å². The molecule has 1 aromatic carbocycles. The average molecular weight is 420 g/mol. The van der Waals surface area contributed by atoms with Crippen LogP contribution in [-0.2, 0) is 23.8 Å². The predicted molar refractivity (Wildman–Crippen MR) is 104 cm³/mol. The van der Waals surface area contributed by atoms with Gasteiger partial charge in [0.15, 0.2) is 0 Å². The van der Waals surface area contributed by atoms with Crippen LogP contribution in [0.2, 0.25) is 0 Å². The lowest BCUT2D eigenvalue weighted by molar-refractivity contribution is -0.140. The molecule has 9 heteroatoms. The van der Waals surface area contributed by atoms with Crippen LogP contribution in [0.5, 0.6) is 0 Å². The molecule has 0 fully saturated rings. The van der Waals surface area contributed by atoms with E-state index in [1.54, 1.807) is 13.0 Å². The molecule has 1 aliphatic rings. The van der Waals surface area contributed by atoms with Gasteiger partial charge in [-0.3, -0.25) is 0 Å². The van der Waals surface area contributed by atoms with Crippen LogP contribution in [0.25, 0.3) is 16.9 Å². The van der Waals surface area contributed by atoms with E-state index in [1.807, 2.05) is 13.0 Å². The molecule has 0 bridgehead atoms. The molecule has 3 aromatic rings. The van der Waals surface area contributed by atoms with Crippen LogP contribution < -0.4 is 5.73 Å². The molecule has 0 saturated heterocycles. The Bertz CT molecular complexity index is 1090. The van der Waals surface area contributed by atoms with E-state index in [1.165, 1.54) is 10.7 Å². The first-order valence-electron chi connectivity index (χ1n) is 9.47. The summed E-state index contributed by atoms with van der Waals surface area (Å²) in [5.41, 5.74) is 8.35. The van der Waals surface area contributed by atoms with Gasteiger partial charge in [-0.15, -0.1) is 0 Å². The van der Waals surface area contributed by atoms with Crippen LogP contribution >= 0.6 is 0 Å². The van der Waals surface area contributed by atoms with Gasteiger partial charge >= 0.3 is 6.18 Å². The van der Waals surface area contributed by atoms with E-state index in [0.717, 1.165) is 29.0 Å². The fourth-order valence-corrected chi connectivity index (χ4v) is 3.79. The van der Waals surface area contributed by atoms with Crippen LogP contribution in [-0.4, -0.2) is 27.5 Å². The van der Waals surface area contributed by atoms with E-state index in [9.17, 15) is 17.6 Å². The van der Waals surface area contributed by atoms with Crippen molar-refractivity contribution in [3.8, 4) is 16.9 Å². The minimum absolute atomic E-state index is 0.138. The Morgan fingerprint density at radius 2 is 1.97 bits per heavy atom. The van der Waals surface area contributed by atoms with Crippen molar-refractivity contribution in [2.45, 2.75) is 39.0 Å². The Hall–Kier alpha value is -2.94. The average Bonchev–Trinajstić information content (AvgIpc) is 2.87. The maximum atomic E-state index is 13.8. The van der Waals surface area contributed by atoms with E-state index in [-0.39, 0.29) is 11.8 Å². The summed E-state index contributed by atoms with van der Waals surface area (Å²) >= 11 is 0. The summed E-state index contributed by atoms with van der Waals surface area (Å²) in [7, 11) is 0. The normalized spacial score (nSPS) is 16.9.